The molecule has 0 aromatic rings. The van der Waals surface area contributed by atoms with Crippen molar-refractivity contribution in [3.05, 3.63) is 0 Å². The van der Waals surface area contributed by atoms with E-state index in [9.17, 15) is 4.79 Å². The number of hydrogen-bond acceptors (Lipinski definition) is 3. The third-order valence-electron chi connectivity index (χ3n) is 4.02. The maximum absolute atomic E-state index is 11.4. The van der Waals surface area contributed by atoms with Gasteiger partial charge in [-0.05, 0) is 38.1 Å². The zero-order chi connectivity index (χ0) is 11.4. The van der Waals surface area contributed by atoms with Gasteiger partial charge in [-0.15, -0.1) is 0 Å². The van der Waals surface area contributed by atoms with Crippen LogP contribution in [0.5, 0.6) is 0 Å². The molecule has 1 unspecified atom stereocenters. The van der Waals surface area contributed by atoms with Crippen LogP contribution in [0.15, 0.2) is 0 Å². The minimum atomic E-state index is -0.116. The summed E-state index contributed by atoms with van der Waals surface area (Å²) in [7, 11) is 0. The van der Waals surface area contributed by atoms with E-state index in [0.717, 1.165) is 45.1 Å². The number of carbonyl (C=O) groups excluding carboxylic acids is 1. The summed E-state index contributed by atoms with van der Waals surface area (Å²) >= 11 is 0. The predicted octanol–water partition coefficient (Wildman–Crippen LogP) is 1.71. The lowest BCUT2D eigenvalue weighted by atomic mass is 9.80. The largest absolute Gasteiger partial charge is 0.381 e. The van der Waals surface area contributed by atoms with Crippen molar-refractivity contribution >= 4 is 6.29 Å². The van der Waals surface area contributed by atoms with Crippen LogP contribution in [-0.2, 0) is 9.53 Å². The number of carbonyl (C=O) groups is 1. The fraction of sp³-hybridized carbons (Fsp3) is 0.923. The molecular weight excluding hydrogens is 202 g/mol. The van der Waals surface area contributed by atoms with Gasteiger partial charge in [0.25, 0.3) is 0 Å². The topological polar surface area (TPSA) is 29.5 Å². The van der Waals surface area contributed by atoms with Crippen molar-refractivity contribution in [3.8, 4) is 0 Å². The van der Waals surface area contributed by atoms with Gasteiger partial charge >= 0.3 is 0 Å². The van der Waals surface area contributed by atoms with Crippen LogP contribution >= 0.6 is 0 Å². The summed E-state index contributed by atoms with van der Waals surface area (Å²) in [4.78, 5) is 13.8. The molecule has 0 aliphatic carbocycles. The minimum absolute atomic E-state index is 0.116. The smallest absolute Gasteiger partial charge is 0.127 e. The quantitative estimate of drug-likeness (QED) is 0.685. The Morgan fingerprint density at radius 3 is 2.81 bits per heavy atom. The SMILES string of the molecule is CC1CCCN(CC2(C=O)CCOCC2)C1. The summed E-state index contributed by atoms with van der Waals surface area (Å²) in [5.41, 5.74) is -0.116. The standard InChI is InChI=1S/C13H23NO2/c1-12-3-2-6-14(9-12)10-13(11-15)4-7-16-8-5-13/h11-12H,2-10H2,1H3. The number of piperidine rings is 1. The average molecular weight is 225 g/mol. The van der Waals surface area contributed by atoms with Crippen LogP contribution in [0.2, 0.25) is 0 Å². The van der Waals surface area contributed by atoms with E-state index in [1.165, 1.54) is 25.7 Å². The second kappa shape index (κ2) is 5.28. The van der Waals surface area contributed by atoms with Crippen molar-refractivity contribution in [2.75, 3.05) is 32.8 Å². The highest BCUT2D eigenvalue weighted by Gasteiger charge is 2.35. The van der Waals surface area contributed by atoms with Gasteiger partial charge in [0.15, 0.2) is 0 Å². The highest BCUT2D eigenvalue weighted by Crippen LogP contribution is 2.30. The Balaban J connectivity index is 1.92. The van der Waals surface area contributed by atoms with Crippen LogP contribution in [0.25, 0.3) is 0 Å². The first-order valence-corrected chi connectivity index (χ1v) is 6.50. The van der Waals surface area contributed by atoms with Gasteiger partial charge in [0.1, 0.15) is 6.29 Å². The molecular formula is C13H23NO2. The lowest BCUT2D eigenvalue weighted by Crippen LogP contribution is -2.45. The van der Waals surface area contributed by atoms with E-state index in [2.05, 4.69) is 11.8 Å². The molecule has 2 rings (SSSR count). The Hall–Kier alpha value is -0.410. The summed E-state index contributed by atoms with van der Waals surface area (Å²) in [6, 6.07) is 0. The molecule has 0 bridgehead atoms. The van der Waals surface area contributed by atoms with Gasteiger partial charge in [0, 0.05) is 31.7 Å². The van der Waals surface area contributed by atoms with Crippen LogP contribution < -0.4 is 0 Å². The van der Waals surface area contributed by atoms with E-state index in [1.54, 1.807) is 0 Å². The summed E-state index contributed by atoms with van der Waals surface area (Å²) < 4.78 is 5.36. The van der Waals surface area contributed by atoms with Crippen molar-refractivity contribution in [2.24, 2.45) is 11.3 Å². The number of ether oxygens (including phenoxy) is 1. The van der Waals surface area contributed by atoms with Gasteiger partial charge in [0.2, 0.25) is 0 Å². The number of aldehydes is 1. The lowest BCUT2D eigenvalue weighted by molar-refractivity contribution is -0.123. The highest BCUT2D eigenvalue weighted by atomic mass is 16.5. The first-order chi connectivity index (χ1) is 7.74. The van der Waals surface area contributed by atoms with Crippen LogP contribution in [-0.4, -0.2) is 44.0 Å². The molecule has 0 saturated carbocycles. The van der Waals surface area contributed by atoms with E-state index in [-0.39, 0.29) is 5.41 Å². The fourth-order valence-electron chi connectivity index (χ4n) is 2.97. The first-order valence-electron chi connectivity index (χ1n) is 6.50. The molecule has 0 aromatic carbocycles. The molecule has 16 heavy (non-hydrogen) atoms. The third kappa shape index (κ3) is 2.83. The number of likely N-dealkylation sites (tertiary alicyclic amines) is 1. The van der Waals surface area contributed by atoms with E-state index in [1.807, 2.05) is 0 Å². The molecule has 3 heteroatoms. The van der Waals surface area contributed by atoms with E-state index < -0.39 is 0 Å². The minimum Gasteiger partial charge on any atom is -0.381 e. The molecule has 2 aliphatic rings. The van der Waals surface area contributed by atoms with Crippen LogP contribution in [0.3, 0.4) is 0 Å². The second-order valence-corrected chi connectivity index (χ2v) is 5.58. The van der Waals surface area contributed by atoms with Gasteiger partial charge in [0.05, 0.1) is 0 Å². The molecule has 0 amide bonds. The van der Waals surface area contributed by atoms with Crippen LogP contribution in [0, 0.1) is 11.3 Å². The van der Waals surface area contributed by atoms with Crippen molar-refractivity contribution in [2.45, 2.75) is 32.6 Å². The summed E-state index contributed by atoms with van der Waals surface area (Å²) in [5, 5.41) is 0. The first kappa shape index (κ1) is 12.1. The maximum atomic E-state index is 11.4. The molecule has 2 heterocycles. The lowest BCUT2D eigenvalue weighted by Gasteiger charge is -2.39. The molecule has 0 aromatic heterocycles. The molecule has 3 nitrogen and oxygen atoms in total. The Kier molecular flexibility index (Phi) is 3.98. The van der Waals surface area contributed by atoms with Crippen molar-refractivity contribution in [1.29, 1.82) is 0 Å². The van der Waals surface area contributed by atoms with Crippen LogP contribution in [0.4, 0.5) is 0 Å². The Morgan fingerprint density at radius 2 is 2.19 bits per heavy atom. The third-order valence-corrected chi connectivity index (χ3v) is 4.02. The van der Waals surface area contributed by atoms with Gasteiger partial charge in [-0.3, -0.25) is 0 Å². The van der Waals surface area contributed by atoms with Gasteiger partial charge < -0.3 is 14.4 Å². The monoisotopic (exact) mass is 225 g/mol. The van der Waals surface area contributed by atoms with E-state index in [4.69, 9.17) is 4.74 Å². The highest BCUT2D eigenvalue weighted by molar-refractivity contribution is 5.60. The van der Waals surface area contributed by atoms with Gasteiger partial charge in [-0.1, -0.05) is 6.92 Å². The summed E-state index contributed by atoms with van der Waals surface area (Å²) in [5.74, 6) is 0.789. The Bertz CT molecular complexity index is 236. The van der Waals surface area contributed by atoms with Gasteiger partial charge in [-0.2, -0.15) is 0 Å². The summed E-state index contributed by atoms with van der Waals surface area (Å²) in [6.45, 7) is 7.09. The molecule has 0 spiro atoms. The normalized spacial score (nSPS) is 31.2. The molecule has 92 valence electrons. The number of rotatable bonds is 3. The molecule has 0 radical (unpaired) electrons. The Labute approximate surface area is 98.1 Å². The zero-order valence-corrected chi connectivity index (χ0v) is 10.3. The molecule has 0 N–H and O–H groups in total. The Morgan fingerprint density at radius 1 is 1.44 bits per heavy atom. The van der Waals surface area contributed by atoms with E-state index in [0.29, 0.717) is 0 Å². The van der Waals surface area contributed by atoms with Crippen LogP contribution in [0.1, 0.15) is 32.6 Å². The molecule has 2 aliphatic heterocycles. The van der Waals surface area contributed by atoms with Crippen molar-refractivity contribution in [1.82, 2.24) is 4.90 Å². The predicted molar refractivity (Wildman–Crippen MR) is 63.4 cm³/mol. The maximum Gasteiger partial charge on any atom is 0.127 e. The van der Waals surface area contributed by atoms with Crippen molar-refractivity contribution < 1.29 is 9.53 Å². The average Bonchev–Trinajstić information content (AvgIpc) is 2.30. The molecule has 2 fully saturated rings. The second-order valence-electron chi connectivity index (χ2n) is 5.58. The number of nitrogens with zero attached hydrogens (tertiary/aromatic N) is 1. The van der Waals surface area contributed by atoms with E-state index >= 15 is 0 Å². The van der Waals surface area contributed by atoms with Crippen molar-refractivity contribution in [3.63, 3.8) is 0 Å². The zero-order valence-electron chi connectivity index (χ0n) is 10.3. The molecule has 1 atom stereocenters. The fourth-order valence-corrected chi connectivity index (χ4v) is 2.97. The number of hydrogen-bond donors (Lipinski definition) is 0. The van der Waals surface area contributed by atoms with Gasteiger partial charge in [-0.25, -0.2) is 0 Å². The molecule has 2 saturated heterocycles. The summed E-state index contributed by atoms with van der Waals surface area (Å²) in [6.07, 6.45) is 5.62.